The van der Waals surface area contributed by atoms with Gasteiger partial charge in [-0.1, -0.05) is 12.2 Å². The van der Waals surface area contributed by atoms with Crippen LogP contribution in [0.3, 0.4) is 0 Å². The van der Waals surface area contributed by atoms with Crippen LogP contribution in [-0.2, 0) is 0 Å². The highest BCUT2D eigenvalue weighted by atomic mass is 15.1. The summed E-state index contributed by atoms with van der Waals surface area (Å²) >= 11 is 0. The van der Waals surface area contributed by atoms with Crippen molar-refractivity contribution < 1.29 is 0 Å². The van der Waals surface area contributed by atoms with Gasteiger partial charge in [0.15, 0.2) is 0 Å². The molecule has 0 aliphatic carbocycles. The number of piperidine rings is 1. The van der Waals surface area contributed by atoms with Crippen molar-refractivity contribution >= 4 is 0 Å². The number of hydrogen-bond donors (Lipinski definition) is 1. The van der Waals surface area contributed by atoms with Gasteiger partial charge < -0.3 is 5.32 Å². The van der Waals surface area contributed by atoms with E-state index in [2.05, 4.69) is 23.7 Å². The van der Waals surface area contributed by atoms with Crippen LogP contribution < -0.4 is 5.32 Å². The highest BCUT2D eigenvalue weighted by Crippen LogP contribution is 2.16. The summed E-state index contributed by atoms with van der Waals surface area (Å²) in [5.41, 5.74) is 1.28. The summed E-state index contributed by atoms with van der Waals surface area (Å²) in [5, 5.41) is 3.26. The van der Waals surface area contributed by atoms with E-state index in [1.165, 1.54) is 31.5 Å². The normalized spacial score (nSPS) is 24.6. The predicted octanol–water partition coefficient (Wildman–Crippen LogP) is 1.49. The second kappa shape index (κ2) is 5.40. The van der Waals surface area contributed by atoms with E-state index in [0.29, 0.717) is 0 Å². The molecule has 1 rings (SSSR count). The van der Waals surface area contributed by atoms with Crippen LogP contribution in [0.4, 0.5) is 0 Å². The molecular formula is C11H22N2. The smallest absolute Gasteiger partial charge is 0.0187 e. The van der Waals surface area contributed by atoms with E-state index < -0.39 is 0 Å². The topological polar surface area (TPSA) is 15.3 Å². The van der Waals surface area contributed by atoms with E-state index >= 15 is 0 Å². The van der Waals surface area contributed by atoms with E-state index in [1.807, 2.05) is 7.05 Å². The molecule has 1 unspecified atom stereocenters. The molecule has 2 heteroatoms. The molecule has 2 nitrogen and oxygen atoms in total. The Balaban J connectivity index is 2.28. The van der Waals surface area contributed by atoms with Crippen molar-refractivity contribution in [2.24, 2.45) is 5.92 Å². The first-order valence-electron chi connectivity index (χ1n) is 5.23. The van der Waals surface area contributed by atoms with E-state index in [-0.39, 0.29) is 0 Å². The molecule has 0 saturated carbocycles. The van der Waals surface area contributed by atoms with Crippen molar-refractivity contribution in [2.45, 2.75) is 19.8 Å². The summed E-state index contributed by atoms with van der Waals surface area (Å²) in [5.74, 6) is 0.845. The molecule has 1 fully saturated rings. The molecule has 0 aromatic heterocycles. The second-order valence-corrected chi connectivity index (χ2v) is 4.26. The van der Waals surface area contributed by atoms with Gasteiger partial charge >= 0.3 is 0 Å². The largest absolute Gasteiger partial charge is 0.319 e. The van der Waals surface area contributed by atoms with Crippen LogP contribution in [0.2, 0.25) is 0 Å². The van der Waals surface area contributed by atoms with E-state index in [0.717, 1.165) is 19.0 Å². The van der Waals surface area contributed by atoms with Gasteiger partial charge in [0, 0.05) is 13.1 Å². The Labute approximate surface area is 82.0 Å². The molecule has 0 aromatic rings. The molecule has 1 N–H and O–H groups in total. The zero-order chi connectivity index (χ0) is 9.68. The van der Waals surface area contributed by atoms with Gasteiger partial charge in [-0.3, -0.25) is 4.90 Å². The van der Waals surface area contributed by atoms with Crippen LogP contribution in [0.1, 0.15) is 19.8 Å². The van der Waals surface area contributed by atoms with E-state index in [4.69, 9.17) is 0 Å². The first kappa shape index (κ1) is 10.7. The number of nitrogens with zero attached hydrogens (tertiary/aromatic N) is 1. The van der Waals surface area contributed by atoms with Crippen LogP contribution >= 0.6 is 0 Å². The summed E-state index contributed by atoms with van der Waals surface area (Å²) in [6.07, 6.45) is 2.73. The molecule has 1 atom stereocenters. The average Bonchev–Trinajstić information content (AvgIpc) is 2.04. The maximum atomic E-state index is 3.96. The third kappa shape index (κ3) is 3.92. The maximum Gasteiger partial charge on any atom is 0.0187 e. The fourth-order valence-corrected chi connectivity index (χ4v) is 2.13. The van der Waals surface area contributed by atoms with Gasteiger partial charge in [0.25, 0.3) is 0 Å². The first-order valence-corrected chi connectivity index (χ1v) is 5.23. The van der Waals surface area contributed by atoms with Gasteiger partial charge in [-0.05, 0) is 45.8 Å². The molecule has 0 bridgehead atoms. The molecule has 1 aliphatic heterocycles. The van der Waals surface area contributed by atoms with Gasteiger partial charge in [0.1, 0.15) is 0 Å². The Kier molecular flexibility index (Phi) is 4.46. The monoisotopic (exact) mass is 182 g/mol. The molecule has 76 valence electrons. The fraction of sp³-hybridized carbons (Fsp3) is 0.818. The number of likely N-dealkylation sites (tertiary alicyclic amines) is 1. The molecule has 0 amide bonds. The Morgan fingerprint density at radius 2 is 2.38 bits per heavy atom. The Morgan fingerprint density at radius 3 is 3.00 bits per heavy atom. The Bertz CT molecular complexity index is 163. The lowest BCUT2D eigenvalue weighted by atomic mass is 9.98. The second-order valence-electron chi connectivity index (χ2n) is 4.26. The lowest BCUT2D eigenvalue weighted by Gasteiger charge is -2.32. The predicted molar refractivity (Wildman–Crippen MR) is 57.9 cm³/mol. The standard InChI is InChI=1S/C11H22N2/c1-10(2)8-13-6-4-5-11(9-13)7-12-3/h11-12H,1,4-9H2,2-3H3. The Morgan fingerprint density at radius 1 is 1.62 bits per heavy atom. The highest BCUT2D eigenvalue weighted by molar-refractivity contribution is 4.93. The van der Waals surface area contributed by atoms with Crippen molar-refractivity contribution in [2.75, 3.05) is 33.2 Å². The highest BCUT2D eigenvalue weighted by Gasteiger charge is 2.18. The summed E-state index contributed by atoms with van der Waals surface area (Å²) in [6, 6.07) is 0. The van der Waals surface area contributed by atoms with Gasteiger partial charge in [0.2, 0.25) is 0 Å². The summed E-state index contributed by atoms with van der Waals surface area (Å²) in [7, 11) is 2.04. The lowest BCUT2D eigenvalue weighted by Crippen LogP contribution is -2.39. The van der Waals surface area contributed by atoms with Crippen LogP contribution in [-0.4, -0.2) is 38.1 Å². The molecule has 0 radical (unpaired) electrons. The number of rotatable bonds is 4. The van der Waals surface area contributed by atoms with Crippen LogP contribution in [0.25, 0.3) is 0 Å². The van der Waals surface area contributed by atoms with E-state index in [9.17, 15) is 0 Å². The van der Waals surface area contributed by atoms with Crippen molar-refractivity contribution in [1.82, 2.24) is 10.2 Å². The minimum atomic E-state index is 0.845. The third-order valence-electron chi connectivity index (χ3n) is 2.59. The molecule has 0 aromatic carbocycles. The minimum Gasteiger partial charge on any atom is -0.319 e. The first-order chi connectivity index (χ1) is 6.22. The lowest BCUT2D eigenvalue weighted by molar-refractivity contribution is 0.186. The van der Waals surface area contributed by atoms with Gasteiger partial charge in [0.05, 0.1) is 0 Å². The van der Waals surface area contributed by atoms with Crippen molar-refractivity contribution in [3.05, 3.63) is 12.2 Å². The molecule has 0 spiro atoms. The van der Waals surface area contributed by atoms with Crippen molar-refractivity contribution in [1.29, 1.82) is 0 Å². The molecular weight excluding hydrogens is 160 g/mol. The zero-order valence-electron chi connectivity index (χ0n) is 8.97. The molecule has 13 heavy (non-hydrogen) atoms. The van der Waals surface area contributed by atoms with Crippen LogP contribution in [0.5, 0.6) is 0 Å². The summed E-state index contributed by atoms with van der Waals surface area (Å²) < 4.78 is 0. The summed E-state index contributed by atoms with van der Waals surface area (Å²) in [4.78, 5) is 2.52. The fourth-order valence-electron chi connectivity index (χ4n) is 2.13. The average molecular weight is 182 g/mol. The molecule has 1 aliphatic rings. The third-order valence-corrected chi connectivity index (χ3v) is 2.59. The minimum absolute atomic E-state index is 0.845. The van der Waals surface area contributed by atoms with Gasteiger partial charge in [-0.15, -0.1) is 0 Å². The summed E-state index contributed by atoms with van der Waals surface area (Å²) in [6.45, 7) is 10.8. The van der Waals surface area contributed by atoms with Crippen molar-refractivity contribution in [3.8, 4) is 0 Å². The van der Waals surface area contributed by atoms with Gasteiger partial charge in [-0.25, -0.2) is 0 Å². The van der Waals surface area contributed by atoms with Crippen LogP contribution in [0.15, 0.2) is 12.2 Å². The molecule has 1 saturated heterocycles. The molecule has 1 heterocycles. The Hall–Kier alpha value is -0.340. The van der Waals surface area contributed by atoms with Gasteiger partial charge in [-0.2, -0.15) is 0 Å². The van der Waals surface area contributed by atoms with Crippen molar-refractivity contribution in [3.63, 3.8) is 0 Å². The van der Waals surface area contributed by atoms with Crippen LogP contribution in [0, 0.1) is 5.92 Å². The number of nitrogens with one attached hydrogen (secondary N) is 1. The zero-order valence-corrected chi connectivity index (χ0v) is 8.97. The van der Waals surface area contributed by atoms with E-state index in [1.54, 1.807) is 0 Å². The number of hydrogen-bond acceptors (Lipinski definition) is 2. The quantitative estimate of drug-likeness (QED) is 0.663. The SMILES string of the molecule is C=C(C)CN1CCCC(CNC)C1. The maximum absolute atomic E-state index is 3.96.